The first kappa shape index (κ1) is 17.0. The van der Waals surface area contributed by atoms with Gasteiger partial charge < -0.3 is 4.18 Å². The Hall–Kier alpha value is -1.02. The maximum atomic E-state index is 12.5. The lowest BCUT2D eigenvalue weighted by molar-refractivity contribution is -0.0499. The molecule has 0 amide bonds. The molecule has 3 nitrogen and oxygen atoms in total. The summed E-state index contributed by atoms with van der Waals surface area (Å²) in [5, 5.41) is 0.588. The van der Waals surface area contributed by atoms with E-state index < -0.39 is 23.7 Å². The number of alkyl halides is 3. The SMILES string of the molecule is Cc1ccc(C)c([Si](C)(C)C)c1OS(=O)(=O)C(F)(F)F. The molecule has 1 aromatic carbocycles. The number of hydrogen-bond donors (Lipinski definition) is 0. The average molecular weight is 326 g/mol. The van der Waals surface area contributed by atoms with Crippen LogP contribution in [-0.2, 0) is 10.1 Å². The Labute approximate surface area is 117 Å². The summed E-state index contributed by atoms with van der Waals surface area (Å²) in [4.78, 5) is 0. The van der Waals surface area contributed by atoms with Crippen LogP contribution in [0.2, 0.25) is 19.6 Å². The van der Waals surface area contributed by atoms with Gasteiger partial charge >= 0.3 is 15.6 Å². The molecule has 0 saturated heterocycles. The number of hydrogen-bond acceptors (Lipinski definition) is 3. The van der Waals surface area contributed by atoms with Crippen LogP contribution >= 0.6 is 0 Å². The van der Waals surface area contributed by atoms with E-state index in [2.05, 4.69) is 4.18 Å². The Bertz CT molecular complexity index is 616. The van der Waals surface area contributed by atoms with Crippen LogP contribution in [0.1, 0.15) is 11.1 Å². The van der Waals surface area contributed by atoms with E-state index in [1.807, 2.05) is 19.6 Å². The van der Waals surface area contributed by atoms with Crippen molar-refractivity contribution in [3.8, 4) is 5.75 Å². The largest absolute Gasteiger partial charge is 0.534 e. The molecule has 0 bridgehead atoms. The van der Waals surface area contributed by atoms with Crippen LogP contribution < -0.4 is 9.37 Å². The van der Waals surface area contributed by atoms with Crippen molar-refractivity contribution in [3.05, 3.63) is 23.3 Å². The molecular formula is C12H17F3O3SSi. The van der Waals surface area contributed by atoms with Crippen molar-refractivity contribution in [3.63, 3.8) is 0 Å². The van der Waals surface area contributed by atoms with E-state index in [0.29, 0.717) is 10.8 Å². The fourth-order valence-corrected chi connectivity index (χ4v) is 4.78. The Morgan fingerprint density at radius 1 is 1.05 bits per heavy atom. The summed E-state index contributed by atoms with van der Waals surface area (Å²) < 4.78 is 64.3. The van der Waals surface area contributed by atoms with Gasteiger partial charge in [-0.1, -0.05) is 31.8 Å². The fourth-order valence-electron chi connectivity index (χ4n) is 1.98. The van der Waals surface area contributed by atoms with Gasteiger partial charge in [-0.3, -0.25) is 0 Å². The first-order chi connectivity index (χ1) is 8.77. The second kappa shape index (κ2) is 5.07. The molecule has 0 heterocycles. The molecule has 1 aromatic rings. The van der Waals surface area contributed by atoms with E-state index >= 15 is 0 Å². The highest BCUT2D eigenvalue weighted by Gasteiger charge is 2.49. The van der Waals surface area contributed by atoms with E-state index in [9.17, 15) is 21.6 Å². The quantitative estimate of drug-likeness (QED) is 0.487. The van der Waals surface area contributed by atoms with Gasteiger partial charge in [-0.05, 0) is 30.2 Å². The molecule has 1 rings (SSSR count). The Kier molecular flexibility index (Phi) is 4.31. The van der Waals surface area contributed by atoms with Crippen molar-refractivity contribution in [2.24, 2.45) is 0 Å². The molecule has 0 spiro atoms. The summed E-state index contributed by atoms with van der Waals surface area (Å²) in [6.45, 7) is 9.02. The third-order valence-electron chi connectivity index (χ3n) is 2.79. The van der Waals surface area contributed by atoms with Crippen LogP contribution in [0.25, 0.3) is 0 Å². The average Bonchev–Trinajstić information content (AvgIpc) is 2.19. The van der Waals surface area contributed by atoms with Crippen molar-refractivity contribution in [1.82, 2.24) is 0 Å². The highest BCUT2D eigenvalue weighted by Crippen LogP contribution is 2.29. The predicted octanol–water partition coefficient (Wildman–Crippen LogP) is 3.08. The number of rotatable bonds is 3. The molecule has 0 aliphatic carbocycles. The summed E-state index contributed by atoms with van der Waals surface area (Å²) >= 11 is 0. The second-order valence-electron chi connectivity index (χ2n) is 5.64. The zero-order chi connectivity index (χ0) is 15.9. The molecule has 0 aromatic heterocycles. The van der Waals surface area contributed by atoms with Crippen molar-refractivity contribution in [1.29, 1.82) is 0 Å². The van der Waals surface area contributed by atoms with E-state index in [0.717, 1.165) is 5.56 Å². The van der Waals surface area contributed by atoms with Crippen LogP contribution in [0.5, 0.6) is 5.75 Å². The smallest absolute Gasteiger partial charge is 0.376 e. The molecule has 114 valence electrons. The first-order valence-electron chi connectivity index (χ1n) is 5.89. The monoisotopic (exact) mass is 326 g/mol. The van der Waals surface area contributed by atoms with Gasteiger partial charge in [0.25, 0.3) is 0 Å². The molecule has 0 saturated carbocycles. The topological polar surface area (TPSA) is 43.4 Å². The normalized spacial score (nSPS) is 13.4. The molecule has 0 unspecified atom stereocenters. The number of benzene rings is 1. The molecule has 0 radical (unpaired) electrons. The lowest BCUT2D eigenvalue weighted by atomic mass is 10.1. The van der Waals surface area contributed by atoms with Crippen LogP contribution in [0.3, 0.4) is 0 Å². The summed E-state index contributed by atoms with van der Waals surface area (Å²) in [5.74, 6) is -0.179. The van der Waals surface area contributed by atoms with Gasteiger partial charge in [-0.2, -0.15) is 21.6 Å². The van der Waals surface area contributed by atoms with Crippen molar-refractivity contribution in [2.45, 2.75) is 39.0 Å². The Morgan fingerprint density at radius 2 is 1.50 bits per heavy atom. The minimum absolute atomic E-state index is 0.179. The third kappa shape index (κ3) is 3.35. The van der Waals surface area contributed by atoms with Crippen molar-refractivity contribution < 1.29 is 25.8 Å². The molecule has 20 heavy (non-hydrogen) atoms. The highest BCUT2D eigenvalue weighted by molar-refractivity contribution is 7.88. The standard InChI is InChI=1S/C12H17F3O3SSi/c1-8-6-7-9(2)11(20(3,4)5)10(8)18-19(16,17)12(13,14)15/h6-7H,1-5H3. The molecule has 8 heteroatoms. The van der Waals surface area contributed by atoms with Gasteiger partial charge in [0.2, 0.25) is 0 Å². The summed E-state index contributed by atoms with van der Waals surface area (Å²) in [6.07, 6.45) is 0. The zero-order valence-electron chi connectivity index (χ0n) is 11.9. The Balaban J connectivity index is 3.51. The fraction of sp³-hybridized carbons (Fsp3) is 0.500. The molecule has 0 aliphatic heterocycles. The predicted molar refractivity (Wildman–Crippen MR) is 74.5 cm³/mol. The second-order valence-corrected chi connectivity index (χ2v) is 12.2. The van der Waals surface area contributed by atoms with Gasteiger partial charge in [0.1, 0.15) is 5.75 Å². The minimum Gasteiger partial charge on any atom is -0.376 e. The minimum atomic E-state index is -5.65. The lowest BCUT2D eigenvalue weighted by Crippen LogP contribution is -2.42. The van der Waals surface area contributed by atoms with Crippen molar-refractivity contribution >= 4 is 23.4 Å². The third-order valence-corrected chi connectivity index (χ3v) is 5.86. The maximum absolute atomic E-state index is 12.5. The summed E-state index contributed by atoms with van der Waals surface area (Å²) in [6, 6.07) is 3.32. The molecule has 0 N–H and O–H groups in total. The van der Waals surface area contributed by atoms with Crippen LogP contribution in [0, 0.1) is 13.8 Å². The van der Waals surface area contributed by atoms with Crippen LogP contribution in [-0.4, -0.2) is 22.0 Å². The van der Waals surface area contributed by atoms with Crippen LogP contribution in [0.4, 0.5) is 13.2 Å². The van der Waals surface area contributed by atoms with Crippen LogP contribution in [0.15, 0.2) is 12.1 Å². The van der Waals surface area contributed by atoms with Gasteiger partial charge in [-0.15, -0.1) is 0 Å². The summed E-state index contributed by atoms with van der Waals surface area (Å²) in [5.41, 5.74) is -4.32. The molecule has 0 fully saturated rings. The highest BCUT2D eigenvalue weighted by atomic mass is 32.2. The first-order valence-corrected chi connectivity index (χ1v) is 10.8. The van der Waals surface area contributed by atoms with Crippen molar-refractivity contribution in [2.75, 3.05) is 0 Å². The van der Waals surface area contributed by atoms with E-state index in [-0.39, 0.29) is 5.75 Å². The number of aryl methyl sites for hydroxylation is 2. The molecular weight excluding hydrogens is 309 g/mol. The molecule has 0 aliphatic rings. The van der Waals surface area contributed by atoms with E-state index in [1.54, 1.807) is 19.1 Å². The van der Waals surface area contributed by atoms with E-state index in [4.69, 9.17) is 0 Å². The Morgan fingerprint density at radius 3 is 1.90 bits per heavy atom. The summed E-state index contributed by atoms with van der Waals surface area (Å²) in [7, 11) is -7.72. The lowest BCUT2D eigenvalue weighted by Gasteiger charge is -2.24. The van der Waals surface area contributed by atoms with Gasteiger partial charge in [0, 0.05) is 0 Å². The zero-order valence-corrected chi connectivity index (χ0v) is 13.7. The number of halogens is 3. The van der Waals surface area contributed by atoms with Gasteiger partial charge in [-0.25, -0.2) is 0 Å². The maximum Gasteiger partial charge on any atom is 0.534 e. The van der Waals surface area contributed by atoms with Gasteiger partial charge in [0.15, 0.2) is 0 Å². The molecule has 0 atom stereocenters. The van der Waals surface area contributed by atoms with Gasteiger partial charge in [0.05, 0.1) is 8.07 Å². The van der Waals surface area contributed by atoms with E-state index in [1.165, 1.54) is 6.92 Å².